The summed E-state index contributed by atoms with van der Waals surface area (Å²) in [7, 11) is 8.07. The Morgan fingerprint density at radius 1 is 0.952 bits per heavy atom. The van der Waals surface area contributed by atoms with Crippen molar-refractivity contribution in [2.75, 3.05) is 33.1 Å². The highest BCUT2D eigenvalue weighted by Crippen LogP contribution is 2.30. The van der Waals surface area contributed by atoms with E-state index in [2.05, 4.69) is 18.7 Å². The van der Waals surface area contributed by atoms with E-state index in [0.29, 0.717) is 0 Å². The number of nitrogens with zero attached hydrogens (tertiary/aromatic N) is 2. The lowest BCUT2D eigenvalue weighted by Crippen LogP contribution is -2.51. The Hall–Kier alpha value is -1.35. The van der Waals surface area contributed by atoms with Crippen molar-refractivity contribution in [2.45, 2.75) is 45.1 Å². The summed E-state index contributed by atoms with van der Waals surface area (Å²) in [6.45, 7) is 4.30. The van der Waals surface area contributed by atoms with Crippen LogP contribution in [0.3, 0.4) is 0 Å². The second-order valence-corrected chi connectivity index (χ2v) is 6.20. The van der Waals surface area contributed by atoms with Crippen LogP contribution in [0.25, 0.3) is 0 Å². The minimum absolute atomic E-state index is 0.251. The number of Topliss-reactive ketones (excluding diaryl/α,β-unsaturated/α-hetero) is 1. The summed E-state index contributed by atoms with van der Waals surface area (Å²) in [5.74, 6) is 0.251. The van der Waals surface area contributed by atoms with Crippen molar-refractivity contribution in [2.24, 2.45) is 0 Å². The first kappa shape index (κ1) is 17.7. The first-order chi connectivity index (χ1) is 9.89. The lowest BCUT2D eigenvalue weighted by Gasteiger charge is -2.38. The van der Waals surface area contributed by atoms with Gasteiger partial charge in [0.2, 0.25) is 0 Å². The second kappa shape index (κ2) is 7.60. The molecule has 1 rings (SSSR count). The zero-order valence-electron chi connectivity index (χ0n) is 14.4. The standard InChI is InChI=1S/C18H30N2O/c1-7-13-18(14-8-2,20(5)6)17(21)15-9-11-16(12-10-15)19(3)4/h9-12H,7-8,13-14H2,1-6H3. The van der Waals surface area contributed by atoms with Crippen LogP contribution in [0.4, 0.5) is 5.69 Å². The quantitative estimate of drug-likeness (QED) is 0.680. The van der Waals surface area contributed by atoms with E-state index in [4.69, 9.17) is 0 Å². The van der Waals surface area contributed by atoms with Gasteiger partial charge in [0.25, 0.3) is 0 Å². The zero-order chi connectivity index (χ0) is 16.0. The molecule has 0 radical (unpaired) electrons. The van der Waals surface area contributed by atoms with Crippen LogP contribution in [0, 0.1) is 0 Å². The highest BCUT2D eigenvalue weighted by atomic mass is 16.1. The number of benzene rings is 1. The largest absolute Gasteiger partial charge is 0.378 e. The van der Waals surface area contributed by atoms with Crippen LogP contribution in [0.5, 0.6) is 0 Å². The summed E-state index contributed by atoms with van der Waals surface area (Å²) in [4.78, 5) is 17.3. The molecule has 1 aromatic rings. The van der Waals surface area contributed by atoms with Gasteiger partial charge in [-0.2, -0.15) is 0 Å². The molecular formula is C18H30N2O. The number of likely N-dealkylation sites (N-methyl/N-ethyl adjacent to an activating group) is 1. The first-order valence-corrected chi connectivity index (χ1v) is 7.88. The summed E-state index contributed by atoms with van der Waals surface area (Å²) < 4.78 is 0. The third-order valence-corrected chi connectivity index (χ3v) is 4.25. The van der Waals surface area contributed by atoms with Gasteiger partial charge in [0.15, 0.2) is 5.78 Å². The van der Waals surface area contributed by atoms with Gasteiger partial charge in [0.1, 0.15) is 0 Å². The molecule has 0 saturated carbocycles. The summed E-state index contributed by atoms with van der Waals surface area (Å²) >= 11 is 0. The fourth-order valence-corrected chi connectivity index (χ4v) is 3.01. The van der Waals surface area contributed by atoms with Crippen molar-refractivity contribution in [1.82, 2.24) is 4.90 Å². The zero-order valence-corrected chi connectivity index (χ0v) is 14.4. The van der Waals surface area contributed by atoms with E-state index >= 15 is 0 Å². The van der Waals surface area contributed by atoms with E-state index in [1.54, 1.807) is 0 Å². The highest BCUT2D eigenvalue weighted by molar-refractivity contribution is 6.03. The Labute approximate surface area is 129 Å². The van der Waals surface area contributed by atoms with Crippen LogP contribution >= 0.6 is 0 Å². The molecule has 3 nitrogen and oxygen atoms in total. The molecule has 0 saturated heterocycles. The Kier molecular flexibility index (Phi) is 6.41. The van der Waals surface area contributed by atoms with E-state index in [1.807, 2.05) is 57.4 Å². The Balaban J connectivity index is 3.15. The lowest BCUT2D eigenvalue weighted by molar-refractivity contribution is 0.0623. The number of carbonyl (C=O) groups is 1. The molecule has 118 valence electrons. The molecule has 3 heteroatoms. The predicted molar refractivity (Wildman–Crippen MR) is 91.3 cm³/mol. The Morgan fingerprint density at radius 3 is 1.76 bits per heavy atom. The monoisotopic (exact) mass is 290 g/mol. The molecule has 0 aliphatic rings. The third kappa shape index (κ3) is 3.85. The predicted octanol–water partition coefficient (Wildman–Crippen LogP) is 3.84. The van der Waals surface area contributed by atoms with E-state index in [9.17, 15) is 4.79 Å². The van der Waals surface area contributed by atoms with Gasteiger partial charge in [-0.3, -0.25) is 9.69 Å². The van der Waals surface area contributed by atoms with Crippen molar-refractivity contribution in [3.63, 3.8) is 0 Å². The van der Waals surface area contributed by atoms with E-state index in [0.717, 1.165) is 36.9 Å². The molecule has 0 fully saturated rings. The molecule has 1 aromatic carbocycles. The van der Waals surface area contributed by atoms with Gasteiger partial charge in [0, 0.05) is 25.3 Å². The SMILES string of the molecule is CCCC(CCC)(C(=O)c1ccc(N(C)C)cc1)N(C)C. The molecule has 0 amide bonds. The van der Waals surface area contributed by atoms with Crippen molar-refractivity contribution >= 4 is 11.5 Å². The molecule has 0 atom stereocenters. The van der Waals surface area contributed by atoms with Crippen LogP contribution in [0.1, 0.15) is 49.9 Å². The summed E-state index contributed by atoms with van der Waals surface area (Å²) in [5.41, 5.74) is 1.56. The molecule has 0 N–H and O–H groups in total. The van der Waals surface area contributed by atoms with Gasteiger partial charge in [-0.15, -0.1) is 0 Å². The number of anilines is 1. The normalized spacial score (nSPS) is 11.8. The van der Waals surface area contributed by atoms with Gasteiger partial charge in [-0.25, -0.2) is 0 Å². The average Bonchev–Trinajstić information content (AvgIpc) is 2.46. The number of hydrogen-bond acceptors (Lipinski definition) is 3. The Morgan fingerprint density at radius 2 is 1.43 bits per heavy atom. The van der Waals surface area contributed by atoms with E-state index in [-0.39, 0.29) is 11.3 Å². The maximum atomic E-state index is 13.1. The van der Waals surface area contributed by atoms with Gasteiger partial charge >= 0.3 is 0 Å². The van der Waals surface area contributed by atoms with Gasteiger partial charge in [-0.1, -0.05) is 26.7 Å². The molecule has 0 heterocycles. The number of hydrogen-bond donors (Lipinski definition) is 0. The van der Waals surface area contributed by atoms with Gasteiger partial charge in [0.05, 0.1) is 5.54 Å². The maximum Gasteiger partial charge on any atom is 0.183 e. The molecule has 21 heavy (non-hydrogen) atoms. The molecule has 0 unspecified atom stereocenters. The number of rotatable bonds is 8. The summed E-state index contributed by atoms with van der Waals surface area (Å²) in [6.07, 6.45) is 3.84. The van der Waals surface area contributed by atoms with Crippen LogP contribution in [0.15, 0.2) is 24.3 Å². The first-order valence-electron chi connectivity index (χ1n) is 7.88. The van der Waals surface area contributed by atoms with Crippen molar-refractivity contribution < 1.29 is 4.79 Å². The van der Waals surface area contributed by atoms with E-state index < -0.39 is 0 Å². The topological polar surface area (TPSA) is 23.6 Å². The minimum Gasteiger partial charge on any atom is -0.378 e. The molecule has 0 bridgehead atoms. The van der Waals surface area contributed by atoms with Crippen molar-refractivity contribution in [3.8, 4) is 0 Å². The van der Waals surface area contributed by atoms with Crippen molar-refractivity contribution in [1.29, 1.82) is 0 Å². The maximum absolute atomic E-state index is 13.1. The fraction of sp³-hybridized carbons (Fsp3) is 0.611. The molecule has 0 aromatic heterocycles. The smallest absolute Gasteiger partial charge is 0.183 e. The van der Waals surface area contributed by atoms with Gasteiger partial charge in [-0.05, 0) is 51.2 Å². The highest BCUT2D eigenvalue weighted by Gasteiger charge is 2.39. The minimum atomic E-state index is -0.372. The number of ketones is 1. The Bertz CT molecular complexity index is 443. The molecule has 0 spiro atoms. The van der Waals surface area contributed by atoms with Crippen LogP contribution in [0.2, 0.25) is 0 Å². The van der Waals surface area contributed by atoms with Crippen LogP contribution < -0.4 is 4.90 Å². The average molecular weight is 290 g/mol. The van der Waals surface area contributed by atoms with Crippen LogP contribution in [-0.2, 0) is 0 Å². The number of carbonyl (C=O) groups excluding carboxylic acids is 1. The molecule has 0 aliphatic heterocycles. The lowest BCUT2D eigenvalue weighted by atomic mass is 9.80. The van der Waals surface area contributed by atoms with Gasteiger partial charge < -0.3 is 4.90 Å². The fourth-order valence-electron chi connectivity index (χ4n) is 3.01. The van der Waals surface area contributed by atoms with E-state index in [1.165, 1.54) is 0 Å². The van der Waals surface area contributed by atoms with Crippen molar-refractivity contribution in [3.05, 3.63) is 29.8 Å². The second-order valence-electron chi connectivity index (χ2n) is 6.20. The molecule has 0 aliphatic carbocycles. The third-order valence-electron chi connectivity index (χ3n) is 4.25. The summed E-state index contributed by atoms with van der Waals surface area (Å²) in [5, 5.41) is 0. The summed E-state index contributed by atoms with van der Waals surface area (Å²) in [6, 6.07) is 7.96. The van der Waals surface area contributed by atoms with Crippen LogP contribution in [-0.4, -0.2) is 44.4 Å². The molecular weight excluding hydrogens is 260 g/mol.